The molecule has 0 saturated carbocycles. The third-order valence-electron chi connectivity index (χ3n) is 3.22. The molecular weight excluding hydrogens is 358 g/mol. The number of esters is 1. The fourth-order valence-electron chi connectivity index (χ4n) is 2.00. The first-order valence-electron chi connectivity index (χ1n) is 7.54. The van der Waals surface area contributed by atoms with Gasteiger partial charge in [-0.05, 0) is 30.5 Å². The smallest absolute Gasteiger partial charge is 0.325 e. The highest BCUT2D eigenvalue weighted by molar-refractivity contribution is 7.14. The van der Waals surface area contributed by atoms with Gasteiger partial charge in [-0.1, -0.05) is 17.7 Å². The van der Waals surface area contributed by atoms with Crippen LogP contribution in [0.4, 0.5) is 5.00 Å². The highest BCUT2D eigenvalue weighted by atomic mass is 32.1. The Morgan fingerprint density at radius 2 is 1.96 bits per heavy atom. The monoisotopic (exact) mass is 375 g/mol. The number of aryl methyl sites for hydroxylation is 1. The maximum absolute atomic E-state index is 11.9. The second kappa shape index (κ2) is 8.77. The van der Waals surface area contributed by atoms with Crippen molar-refractivity contribution in [3.8, 4) is 0 Å². The molecule has 0 fully saturated rings. The van der Waals surface area contributed by atoms with E-state index in [0.29, 0.717) is 5.56 Å². The van der Waals surface area contributed by atoms with Gasteiger partial charge in [0.25, 0.3) is 17.7 Å². The van der Waals surface area contributed by atoms with Crippen LogP contribution in [0, 0.1) is 6.92 Å². The fourth-order valence-corrected chi connectivity index (χ4v) is 2.81. The van der Waals surface area contributed by atoms with Crippen molar-refractivity contribution in [3.05, 3.63) is 52.4 Å². The minimum absolute atomic E-state index is 0.181. The van der Waals surface area contributed by atoms with Crippen LogP contribution in [0.1, 0.15) is 26.3 Å². The van der Waals surface area contributed by atoms with Crippen LogP contribution in [0.5, 0.6) is 0 Å². The van der Waals surface area contributed by atoms with Crippen molar-refractivity contribution in [2.45, 2.75) is 6.92 Å². The average molecular weight is 375 g/mol. The summed E-state index contributed by atoms with van der Waals surface area (Å²) in [5.41, 5.74) is 6.69. The van der Waals surface area contributed by atoms with Gasteiger partial charge in [-0.2, -0.15) is 0 Å². The maximum Gasteiger partial charge on any atom is 0.325 e. The van der Waals surface area contributed by atoms with E-state index < -0.39 is 30.3 Å². The molecule has 0 atom stereocenters. The topological polar surface area (TPSA) is 128 Å². The van der Waals surface area contributed by atoms with Gasteiger partial charge in [0.2, 0.25) is 0 Å². The predicted molar refractivity (Wildman–Crippen MR) is 95.9 cm³/mol. The van der Waals surface area contributed by atoms with Gasteiger partial charge in [-0.25, -0.2) is 0 Å². The summed E-state index contributed by atoms with van der Waals surface area (Å²) in [6.45, 7) is 0.932. The second-order valence-corrected chi connectivity index (χ2v) is 6.20. The molecule has 1 aromatic heterocycles. The van der Waals surface area contributed by atoms with Crippen LogP contribution in [-0.2, 0) is 14.3 Å². The van der Waals surface area contributed by atoms with E-state index in [1.807, 2.05) is 13.0 Å². The molecular formula is C17H17N3O5S. The number of ether oxygens (including phenoxy) is 1. The Labute approximate surface area is 153 Å². The molecule has 26 heavy (non-hydrogen) atoms. The third-order valence-corrected chi connectivity index (χ3v) is 4.05. The van der Waals surface area contributed by atoms with Crippen molar-refractivity contribution in [2.75, 3.05) is 18.5 Å². The molecule has 0 unspecified atom stereocenters. The Morgan fingerprint density at radius 3 is 2.65 bits per heavy atom. The summed E-state index contributed by atoms with van der Waals surface area (Å²) in [4.78, 5) is 46.5. The quantitative estimate of drug-likeness (QED) is 0.624. The van der Waals surface area contributed by atoms with Gasteiger partial charge >= 0.3 is 5.97 Å². The lowest BCUT2D eigenvalue weighted by Crippen LogP contribution is -2.32. The van der Waals surface area contributed by atoms with E-state index in [4.69, 9.17) is 10.5 Å². The summed E-state index contributed by atoms with van der Waals surface area (Å²) < 4.78 is 4.79. The second-order valence-electron chi connectivity index (χ2n) is 5.29. The lowest BCUT2D eigenvalue weighted by Gasteiger charge is -2.07. The Hall–Kier alpha value is -3.20. The number of hydrogen-bond donors (Lipinski definition) is 3. The number of carbonyl (C=O) groups is 4. The number of nitrogens with two attached hydrogens (primary N) is 1. The first-order chi connectivity index (χ1) is 12.4. The van der Waals surface area contributed by atoms with Crippen LogP contribution in [-0.4, -0.2) is 36.8 Å². The van der Waals surface area contributed by atoms with Gasteiger partial charge in [0.15, 0.2) is 6.61 Å². The van der Waals surface area contributed by atoms with Gasteiger partial charge in [0.05, 0.1) is 5.56 Å². The van der Waals surface area contributed by atoms with Gasteiger partial charge in [0, 0.05) is 5.56 Å². The van der Waals surface area contributed by atoms with E-state index >= 15 is 0 Å². The van der Waals surface area contributed by atoms with Gasteiger partial charge in [-0.15, -0.1) is 11.3 Å². The Bertz CT molecular complexity index is 846. The van der Waals surface area contributed by atoms with Crippen LogP contribution < -0.4 is 16.4 Å². The standard InChI is InChI=1S/C17H17N3O5S/c1-10-3-2-4-11(7-10)16(24)19-8-14(22)25-9-13(21)20-17-12(15(18)23)5-6-26-17/h2-7H,8-9H2,1H3,(H2,18,23)(H,19,24)(H,20,21). The number of anilines is 1. The molecule has 0 aliphatic carbocycles. The molecule has 0 saturated heterocycles. The average Bonchev–Trinajstić information content (AvgIpc) is 3.06. The first-order valence-corrected chi connectivity index (χ1v) is 8.42. The molecule has 0 bridgehead atoms. The van der Waals surface area contributed by atoms with E-state index in [0.717, 1.165) is 16.9 Å². The first kappa shape index (κ1) is 19.1. The molecule has 2 aromatic rings. The Balaban J connectivity index is 1.76. The zero-order chi connectivity index (χ0) is 19.1. The van der Waals surface area contributed by atoms with Crippen LogP contribution in [0.2, 0.25) is 0 Å². The van der Waals surface area contributed by atoms with Gasteiger partial charge < -0.3 is 21.1 Å². The Morgan fingerprint density at radius 1 is 1.19 bits per heavy atom. The molecule has 2 rings (SSSR count). The zero-order valence-corrected chi connectivity index (χ0v) is 14.7. The van der Waals surface area contributed by atoms with Crippen molar-refractivity contribution in [1.29, 1.82) is 0 Å². The molecule has 0 aliphatic rings. The molecule has 1 heterocycles. The van der Waals surface area contributed by atoms with E-state index in [1.165, 1.54) is 6.07 Å². The number of nitrogens with one attached hydrogen (secondary N) is 2. The van der Waals surface area contributed by atoms with E-state index in [-0.39, 0.29) is 17.1 Å². The van der Waals surface area contributed by atoms with Crippen LogP contribution in [0.25, 0.3) is 0 Å². The van der Waals surface area contributed by atoms with Crippen molar-refractivity contribution in [3.63, 3.8) is 0 Å². The van der Waals surface area contributed by atoms with E-state index in [9.17, 15) is 19.2 Å². The van der Waals surface area contributed by atoms with Gasteiger partial charge in [-0.3, -0.25) is 19.2 Å². The highest BCUT2D eigenvalue weighted by Crippen LogP contribution is 2.22. The van der Waals surface area contributed by atoms with Crippen molar-refractivity contribution < 1.29 is 23.9 Å². The third kappa shape index (κ3) is 5.42. The number of thiophene rings is 1. The van der Waals surface area contributed by atoms with Crippen molar-refractivity contribution in [1.82, 2.24) is 5.32 Å². The van der Waals surface area contributed by atoms with Gasteiger partial charge in [0.1, 0.15) is 11.5 Å². The van der Waals surface area contributed by atoms with E-state index in [1.54, 1.807) is 23.6 Å². The summed E-state index contributed by atoms with van der Waals surface area (Å²) in [6, 6.07) is 8.37. The molecule has 1 aromatic carbocycles. The van der Waals surface area contributed by atoms with Crippen LogP contribution in [0.3, 0.4) is 0 Å². The lowest BCUT2D eigenvalue weighted by molar-refractivity contribution is -0.146. The molecule has 3 amide bonds. The summed E-state index contributed by atoms with van der Waals surface area (Å²) in [6.07, 6.45) is 0. The number of carbonyl (C=O) groups excluding carboxylic acids is 4. The summed E-state index contributed by atoms with van der Waals surface area (Å²) in [7, 11) is 0. The predicted octanol–water partition coefficient (Wildman–Crippen LogP) is 1.07. The summed E-state index contributed by atoms with van der Waals surface area (Å²) in [5, 5.41) is 6.74. The Kier molecular flexibility index (Phi) is 6.45. The molecule has 8 nitrogen and oxygen atoms in total. The van der Waals surface area contributed by atoms with Crippen molar-refractivity contribution >= 4 is 40.0 Å². The SMILES string of the molecule is Cc1cccc(C(=O)NCC(=O)OCC(=O)Nc2sccc2C(N)=O)c1. The number of hydrogen-bond acceptors (Lipinski definition) is 6. The normalized spacial score (nSPS) is 10.0. The molecule has 0 radical (unpaired) electrons. The number of benzene rings is 1. The van der Waals surface area contributed by atoms with Crippen LogP contribution >= 0.6 is 11.3 Å². The molecule has 0 aliphatic heterocycles. The molecule has 136 valence electrons. The maximum atomic E-state index is 11.9. The highest BCUT2D eigenvalue weighted by Gasteiger charge is 2.14. The number of primary amides is 1. The summed E-state index contributed by atoms with van der Waals surface area (Å²) in [5.74, 6) is -2.46. The number of rotatable bonds is 7. The fraction of sp³-hybridized carbons (Fsp3) is 0.176. The molecule has 0 spiro atoms. The number of amides is 3. The van der Waals surface area contributed by atoms with Crippen LogP contribution in [0.15, 0.2) is 35.7 Å². The molecule has 4 N–H and O–H groups in total. The lowest BCUT2D eigenvalue weighted by atomic mass is 10.1. The molecule has 9 heteroatoms. The minimum Gasteiger partial charge on any atom is -0.454 e. The van der Waals surface area contributed by atoms with Crippen molar-refractivity contribution in [2.24, 2.45) is 5.73 Å². The zero-order valence-electron chi connectivity index (χ0n) is 13.9. The largest absolute Gasteiger partial charge is 0.454 e. The van der Waals surface area contributed by atoms with E-state index in [2.05, 4.69) is 10.6 Å². The summed E-state index contributed by atoms with van der Waals surface area (Å²) >= 11 is 1.12. The minimum atomic E-state index is -0.762.